The van der Waals surface area contributed by atoms with Gasteiger partial charge in [0.05, 0.1) is 12.1 Å². The largest absolute Gasteiger partial charge is 0.494 e. The number of aromatic nitrogens is 1. The lowest BCUT2D eigenvalue weighted by Gasteiger charge is -2.05. The Labute approximate surface area is 97.0 Å². The van der Waals surface area contributed by atoms with E-state index in [9.17, 15) is 9.90 Å². The van der Waals surface area contributed by atoms with Crippen molar-refractivity contribution in [2.45, 2.75) is 6.92 Å². The number of carbonyl (C=O) groups is 1. The van der Waals surface area contributed by atoms with Crippen LogP contribution in [0.1, 0.15) is 6.92 Å². The van der Waals surface area contributed by atoms with E-state index in [2.05, 4.69) is 0 Å². The van der Waals surface area contributed by atoms with Gasteiger partial charge in [0.1, 0.15) is 0 Å². The maximum Gasteiger partial charge on any atom is 0.421 e. The number of benzene rings is 1. The Morgan fingerprint density at radius 1 is 1.50 bits per heavy atom. The van der Waals surface area contributed by atoms with Crippen molar-refractivity contribution in [2.75, 3.05) is 6.61 Å². The van der Waals surface area contributed by atoms with Crippen LogP contribution in [0.3, 0.4) is 0 Å². The second-order valence-electron chi connectivity index (χ2n) is 3.24. The molecule has 2 aromatic rings. The molecule has 1 aromatic heterocycles. The Balaban J connectivity index is 2.60. The van der Waals surface area contributed by atoms with Crippen molar-refractivity contribution in [1.82, 2.24) is 4.57 Å². The molecule has 1 aromatic carbocycles. The Morgan fingerprint density at radius 2 is 2.25 bits per heavy atom. The van der Waals surface area contributed by atoms with E-state index in [1.165, 1.54) is 6.07 Å². The van der Waals surface area contributed by atoms with Gasteiger partial charge in [0.2, 0.25) is 5.88 Å². The summed E-state index contributed by atoms with van der Waals surface area (Å²) in [6, 6.07) is 6.46. The molecular weight excluding hydrogens is 230 g/mol. The minimum atomic E-state index is -0.600. The van der Waals surface area contributed by atoms with Crippen molar-refractivity contribution < 1.29 is 14.6 Å². The molecule has 1 N–H and O–H groups in total. The zero-order valence-electron chi connectivity index (χ0n) is 8.61. The summed E-state index contributed by atoms with van der Waals surface area (Å²) in [5.74, 6) is -0.157. The fourth-order valence-corrected chi connectivity index (χ4v) is 1.73. The summed E-state index contributed by atoms with van der Waals surface area (Å²) in [6.07, 6.45) is -0.600. The highest BCUT2D eigenvalue weighted by molar-refractivity contribution is 6.31. The normalized spacial score (nSPS) is 10.6. The van der Waals surface area contributed by atoms with Crippen LogP contribution in [0.4, 0.5) is 4.79 Å². The van der Waals surface area contributed by atoms with Crippen LogP contribution < -0.4 is 0 Å². The fourth-order valence-electron chi connectivity index (χ4n) is 1.55. The predicted molar refractivity (Wildman–Crippen MR) is 61.0 cm³/mol. The lowest BCUT2D eigenvalue weighted by atomic mass is 10.2. The zero-order valence-corrected chi connectivity index (χ0v) is 9.36. The monoisotopic (exact) mass is 239 g/mol. The number of halogens is 1. The van der Waals surface area contributed by atoms with E-state index in [4.69, 9.17) is 16.3 Å². The molecule has 0 amide bonds. The number of ether oxygens (including phenoxy) is 1. The van der Waals surface area contributed by atoms with E-state index < -0.39 is 6.09 Å². The molecule has 0 saturated heterocycles. The van der Waals surface area contributed by atoms with Crippen LogP contribution in [-0.2, 0) is 4.74 Å². The number of hydrogen-bond donors (Lipinski definition) is 1. The summed E-state index contributed by atoms with van der Waals surface area (Å²) in [4.78, 5) is 11.6. The topological polar surface area (TPSA) is 51.5 Å². The average Bonchev–Trinajstić information content (AvgIpc) is 2.53. The molecule has 4 nitrogen and oxygen atoms in total. The van der Waals surface area contributed by atoms with Gasteiger partial charge >= 0.3 is 6.09 Å². The minimum Gasteiger partial charge on any atom is -0.494 e. The average molecular weight is 240 g/mol. The Hall–Kier alpha value is -1.68. The predicted octanol–water partition coefficient (Wildman–Crippen LogP) is 3.00. The first kappa shape index (κ1) is 10.8. The van der Waals surface area contributed by atoms with Crippen LogP contribution in [0, 0.1) is 0 Å². The molecule has 0 fully saturated rings. The smallest absolute Gasteiger partial charge is 0.421 e. The van der Waals surface area contributed by atoms with Crippen molar-refractivity contribution in [3.8, 4) is 5.88 Å². The third kappa shape index (κ3) is 1.72. The van der Waals surface area contributed by atoms with Crippen LogP contribution in [0.15, 0.2) is 24.3 Å². The number of nitrogens with zero attached hydrogens (tertiary/aromatic N) is 1. The third-order valence-corrected chi connectivity index (χ3v) is 2.43. The third-order valence-electron chi connectivity index (χ3n) is 2.19. The number of aromatic hydroxyl groups is 1. The Bertz CT molecular complexity index is 547. The van der Waals surface area contributed by atoms with Crippen molar-refractivity contribution in [2.24, 2.45) is 0 Å². The van der Waals surface area contributed by atoms with Crippen molar-refractivity contribution in [3.05, 3.63) is 29.3 Å². The highest BCUT2D eigenvalue weighted by Gasteiger charge is 2.15. The van der Waals surface area contributed by atoms with Crippen LogP contribution in [0.2, 0.25) is 5.02 Å². The molecule has 0 aliphatic rings. The maximum atomic E-state index is 11.6. The first-order valence-electron chi connectivity index (χ1n) is 4.80. The van der Waals surface area contributed by atoms with E-state index in [-0.39, 0.29) is 12.5 Å². The van der Waals surface area contributed by atoms with Gasteiger partial charge in [-0.2, -0.15) is 0 Å². The SMILES string of the molecule is CCOC(=O)n1c(O)cc2cc(Cl)ccc21. The minimum absolute atomic E-state index is 0.157. The Kier molecular flexibility index (Phi) is 2.75. The van der Waals surface area contributed by atoms with Gasteiger partial charge in [-0.25, -0.2) is 9.36 Å². The number of rotatable bonds is 1. The number of hydrogen-bond acceptors (Lipinski definition) is 3. The maximum absolute atomic E-state index is 11.6. The molecule has 0 atom stereocenters. The Morgan fingerprint density at radius 3 is 2.94 bits per heavy atom. The van der Waals surface area contributed by atoms with E-state index in [0.717, 1.165) is 4.57 Å². The van der Waals surface area contributed by atoms with Crippen molar-refractivity contribution in [3.63, 3.8) is 0 Å². The summed E-state index contributed by atoms with van der Waals surface area (Å²) in [5, 5.41) is 10.9. The van der Waals surface area contributed by atoms with Gasteiger partial charge in [0.25, 0.3) is 0 Å². The lowest BCUT2D eigenvalue weighted by molar-refractivity contribution is 0.152. The lowest BCUT2D eigenvalue weighted by Crippen LogP contribution is -2.12. The standard InChI is InChI=1S/C11H10ClNO3/c1-2-16-11(15)13-9-4-3-8(12)5-7(9)6-10(13)14/h3-6,14H,2H2,1H3. The zero-order chi connectivity index (χ0) is 11.7. The molecule has 0 aliphatic carbocycles. The highest BCUT2D eigenvalue weighted by Crippen LogP contribution is 2.27. The summed E-state index contributed by atoms with van der Waals surface area (Å²) in [5.41, 5.74) is 0.570. The van der Waals surface area contributed by atoms with E-state index in [0.29, 0.717) is 15.9 Å². The van der Waals surface area contributed by atoms with Gasteiger partial charge in [-0.15, -0.1) is 0 Å². The molecule has 1 heterocycles. The molecule has 16 heavy (non-hydrogen) atoms. The van der Waals surface area contributed by atoms with Crippen LogP contribution in [0.25, 0.3) is 10.9 Å². The molecule has 0 spiro atoms. The van der Waals surface area contributed by atoms with Gasteiger partial charge in [-0.3, -0.25) is 0 Å². The molecule has 0 unspecified atom stereocenters. The second-order valence-corrected chi connectivity index (χ2v) is 3.68. The first-order valence-corrected chi connectivity index (χ1v) is 5.18. The van der Waals surface area contributed by atoms with Gasteiger partial charge in [0, 0.05) is 16.5 Å². The quantitative estimate of drug-likeness (QED) is 0.832. The molecule has 2 rings (SSSR count). The first-order chi connectivity index (χ1) is 7.63. The van der Waals surface area contributed by atoms with E-state index in [1.807, 2.05) is 0 Å². The van der Waals surface area contributed by atoms with Crippen LogP contribution in [0.5, 0.6) is 5.88 Å². The summed E-state index contributed by atoms with van der Waals surface area (Å²) in [6.45, 7) is 1.96. The number of fused-ring (bicyclic) bond motifs is 1. The molecule has 84 valence electrons. The molecule has 0 radical (unpaired) electrons. The fraction of sp³-hybridized carbons (Fsp3) is 0.182. The second kappa shape index (κ2) is 4.06. The summed E-state index contributed by atoms with van der Waals surface area (Å²) >= 11 is 5.81. The van der Waals surface area contributed by atoms with E-state index in [1.54, 1.807) is 25.1 Å². The molecule has 0 aliphatic heterocycles. The van der Waals surface area contributed by atoms with Gasteiger partial charge in [0.15, 0.2) is 0 Å². The van der Waals surface area contributed by atoms with Gasteiger partial charge in [-0.05, 0) is 25.1 Å². The molecule has 0 bridgehead atoms. The summed E-state index contributed by atoms with van der Waals surface area (Å²) < 4.78 is 5.94. The van der Waals surface area contributed by atoms with Crippen molar-refractivity contribution >= 4 is 28.6 Å². The number of carbonyl (C=O) groups excluding carboxylic acids is 1. The van der Waals surface area contributed by atoms with Gasteiger partial charge < -0.3 is 9.84 Å². The molecular formula is C11H10ClNO3. The molecule has 0 saturated carbocycles. The molecule has 5 heteroatoms. The van der Waals surface area contributed by atoms with Crippen LogP contribution in [-0.4, -0.2) is 22.4 Å². The van der Waals surface area contributed by atoms with E-state index >= 15 is 0 Å². The van der Waals surface area contributed by atoms with Crippen molar-refractivity contribution in [1.29, 1.82) is 0 Å². The van der Waals surface area contributed by atoms with Crippen LogP contribution >= 0.6 is 11.6 Å². The highest BCUT2D eigenvalue weighted by atomic mass is 35.5. The summed E-state index contributed by atoms with van der Waals surface area (Å²) in [7, 11) is 0. The van der Waals surface area contributed by atoms with Gasteiger partial charge in [-0.1, -0.05) is 11.6 Å².